The van der Waals surface area contributed by atoms with E-state index >= 15 is 0 Å². The van der Waals surface area contributed by atoms with Gasteiger partial charge in [-0.2, -0.15) is 5.26 Å². The second-order valence-corrected chi connectivity index (χ2v) is 15.0. The highest BCUT2D eigenvalue weighted by molar-refractivity contribution is 6.00. The molecule has 0 radical (unpaired) electrons. The van der Waals surface area contributed by atoms with Crippen molar-refractivity contribution in [3.8, 4) is 6.07 Å². The van der Waals surface area contributed by atoms with Gasteiger partial charge in [-0.3, -0.25) is 14.4 Å². The number of ketones is 2. The van der Waals surface area contributed by atoms with Crippen LogP contribution in [0.5, 0.6) is 0 Å². The fourth-order valence-corrected chi connectivity index (χ4v) is 11.6. The molecular weight excluding hydrogens is 466 g/mol. The van der Waals surface area contributed by atoms with E-state index in [1.54, 1.807) is 0 Å². The van der Waals surface area contributed by atoms with Crippen LogP contribution in [-0.4, -0.2) is 36.4 Å². The molecule has 5 aliphatic carbocycles. The van der Waals surface area contributed by atoms with Crippen LogP contribution in [0.2, 0.25) is 0 Å². The highest BCUT2D eigenvalue weighted by atomic mass is 16.6. The third kappa shape index (κ3) is 2.64. The average Bonchev–Trinajstić information content (AvgIpc) is 3.61. The first-order chi connectivity index (χ1) is 17.2. The van der Waals surface area contributed by atoms with Crippen molar-refractivity contribution < 1.29 is 23.9 Å². The molecule has 0 aromatic carbocycles. The van der Waals surface area contributed by atoms with E-state index in [0.717, 1.165) is 44.9 Å². The molecule has 0 spiro atoms. The van der Waals surface area contributed by atoms with Crippen LogP contribution in [0.15, 0.2) is 0 Å². The fraction of sp³-hybridized carbons (Fsp3) is 0.871. The molecule has 0 aromatic heterocycles. The Balaban J connectivity index is 1.46. The van der Waals surface area contributed by atoms with Crippen LogP contribution in [0.25, 0.3) is 0 Å². The number of esters is 1. The molecule has 11 atom stereocenters. The summed E-state index contributed by atoms with van der Waals surface area (Å²) in [5.74, 6) is 0.504. The number of carbonyl (C=O) groups is 3. The van der Waals surface area contributed by atoms with E-state index < -0.39 is 27.9 Å². The van der Waals surface area contributed by atoms with Crippen LogP contribution in [0, 0.1) is 68.0 Å². The normalized spacial score (nSPS) is 55.4. The Morgan fingerprint density at radius 3 is 2.35 bits per heavy atom. The quantitative estimate of drug-likeness (QED) is 0.352. The lowest BCUT2D eigenvalue weighted by Gasteiger charge is -2.71. The van der Waals surface area contributed by atoms with Gasteiger partial charge in [-0.1, -0.05) is 41.5 Å². The van der Waals surface area contributed by atoms with Crippen molar-refractivity contribution in [2.75, 3.05) is 7.11 Å². The number of hydrogen-bond acceptors (Lipinski definition) is 6. The first-order valence-corrected chi connectivity index (χ1v) is 14.5. The predicted molar refractivity (Wildman–Crippen MR) is 136 cm³/mol. The van der Waals surface area contributed by atoms with Crippen LogP contribution in [0.1, 0.15) is 92.9 Å². The zero-order valence-corrected chi connectivity index (χ0v) is 23.6. The van der Waals surface area contributed by atoms with E-state index in [9.17, 15) is 19.6 Å². The summed E-state index contributed by atoms with van der Waals surface area (Å²) in [5.41, 5.74) is -3.43. The summed E-state index contributed by atoms with van der Waals surface area (Å²) in [4.78, 5) is 41.2. The maximum absolute atomic E-state index is 14.4. The number of carbonyl (C=O) groups excluding carboxylic acids is 3. The van der Waals surface area contributed by atoms with Crippen LogP contribution in [0.3, 0.4) is 0 Å². The monoisotopic (exact) mass is 509 g/mol. The van der Waals surface area contributed by atoms with Gasteiger partial charge in [0.25, 0.3) is 0 Å². The van der Waals surface area contributed by atoms with E-state index in [1.165, 1.54) is 7.11 Å². The van der Waals surface area contributed by atoms with Crippen molar-refractivity contribution in [1.29, 1.82) is 5.26 Å². The molecule has 6 rings (SSSR count). The molecule has 1 aliphatic heterocycles. The molecule has 0 bridgehead atoms. The average molecular weight is 510 g/mol. The maximum Gasteiger partial charge on any atom is 0.312 e. The van der Waals surface area contributed by atoms with Gasteiger partial charge >= 0.3 is 5.97 Å². The number of nitrogens with zero attached hydrogens (tertiary/aromatic N) is 1. The number of fused-ring (bicyclic) bond motifs is 9. The summed E-state index contributed by atoms with van der Waals surface area (Å²) in [6.07, 6.45) is 6.15. The van der Waals surface area contributed by atoms with Crippen molar-refractivity contribution >= 4 is 17.5 Å². The first-order valence-electron chi connectivity index (χ1n) is 14.5. The second-order valence-electron chi connectivity index (χ2n) is 15.0. The number of methoxy groups -OCH3 is 1. The minimum absolute atomic E-state index is 0.0120. The molecule has 1 saturated heterocycles. The molecule has 5 saturated carbocycles. The van der Waals surface area contributed by atoms with Gasteiger partial charge in [-0.15, -0.1) is 0 Å². The van der Waals surface area contributed by atoms with Gasteiger partial charge in [0.15, 0.2) is 5.78 Å². The Labute approximate surface area is 221 Å². The molecule has 6 heteroatoms. The number of ether oxygens (including phenoxy) is 2. The Hall–Kier alpha value is -1.74. The summed E-state index contributed by atoms with van der Waals surface area (Å²) < 4.78 is 11.5. The summed E-state index contributed by atoms with van der Waals surface area (Å²) >= 11 is 0. The molecule has 1 heterocycles. The lowest BCUT2D eigenvalue weighted by atomic mass is 9.31. The summed E-state index contributed by atoms with van der Waals surface area (Å²) in [5, 5.41) is 10.1. The molecule has 202 valence electrons. The van der Waals surface area contributed by atoms with Crippen LogP contribution < -0.4 is 0 Å². The minimum atomic E-state index is -1.36. The maximum atomic E-state index is 14.4. The van der Waals surface area contributed by atoms with Crippen molar-refractivity contribution in [1.82, 2.24) is 0 Å². The molecular formula is C31H43NO5. The molecule has 11 unspecified atom stereocenters. The highest BCUT2D eigenvalue weighted by Crippen LogP contribution is 2.78. The summed E-state index contributed by atoms with van der Waals surface area (Å²) in [6.45, 7) is 13.2. The molecule has 6 aliphatic rings. The Kier molecular flexibility index (Phi) is 5.01. The largest absolute Gasteiger partial charge is 0.469 e. The number of hydrogen-bond donors (Lipinski definition) is 0. The zero-order chi connectivity index (χ0) is 27.0. The van der Waals surface area contributed by atoms with Crippen molar-refractivity contribution in [3.05, 3.63) is 0 Å². The van der Waals surface area contributed by atoms with Gasteiger partial charge in [0.1, 0.15) is 18.0 Å². The van der Waals surface area contributed by atoms with Gasteiger partial charge in [0, 0.05) is 23.2 Å². The van der Waals surface area contributed by atoms with Crippen LogP contribution in [0.4, 0.5) is 0 Å². The topological polar surface area (TPSA) is 96.8 Å². The zero-order valence-electron chi connectivity index (χ0n) is 23.6. The van der Waals surface area contributed by atoms with Gasteiger partial charge in [0.05, 0.1) is 12.5 Å². The van der Waals surface area contributed by atoms with E-state index in [4.69, 9.17) is 9.47 Å². The smallest absolute Gasteiger partial charge is 0.312 e. The van der Waals surface area contributed by atoms with Gasteiger partial charge in [-0.05, 0) is 79.4 Å². The van der Waals surface area contributed by atoms with Crippen molar-refractivity contribution in [3.63, 3.8) is 0 Å². The number of rotatable bonds is 1. The SMILES string of the molecule is COC(=O)C12CCC(C)CC1C1C(=O)CC3C4(C)C(CCC3(C)C1(C)CC2)C(C)(C)C(=O)C1(C#N)OC14. The summed E-state index contributed by atoms with van der Waals surface area (Å²) in [7, 11) is 1.49. The highest BCUT2D eigenvalue weighted by Gasteiger charge is 2.83. The Morgan fingerprint density at radius 1 is 1.00 bits per heavy atom. The minimum Gasteiger partial charge on any atom is -0.469 e. The Bertz CT molecular complexity index is 1140. The predicted octanol–water partition coefficient (Wildman–Crippen LogP) is 5.28. The second kappa shape index (κ2) is 7.26. The third-order valence-electron chi connectivity index (χ3n) is 13.6. The van der Waals surface area contributed by atoms with E-state index in [2.05, 4.69) is 33.8 Å². The Morgan fingerprint density at radius 2 is 1.70 bits per heavy atom. The van der Waals surface area contributed by atoms with Crippen molar-refractivity contribution in [2.45, 2.75) is 105 Å². The van der Waals surface area contributed by atoms with E-state index in [-0.39, 0.29) is 52.0 Å². The fourth-order valence-electron chi connectivity index (χ4n) is 11.6. The molecule has 0 N–H and O–H groups in total. The first kappa shape index (κ1) is 25.5. The van der Waals surface area contributed by atoms with Gasteiger partial charge in [-0.25, -0.2) is 0 Å². The molecule has 6 nitrogen and oxygen atoms in total. The van der Waals surface area contributed by atoms with E-state index in [1.807, 2.05) is 13.8 Å². The van der Waals surface area contributed by atoms with Gasteiger partial charge < -0.3 is 9.47 Å². The van der Waals surface area contributed by atoms with Gasteiger partial charge in [0.2, 0.25) is 5.60 Å². The van der Waals surface area contributed by atoms with E-state index in [0.29, 0.717) is 12.3 Å². The third-order valence-corrected chi connectivity index (χ3v) is 13.6. The standard InChI is InChI=1S/C31H43NO5/c1-17-8-11-30(25(35)36-7)13-12-28(5)22(18(30)14-17)19(33)15-21-27(28,4)10-9-20-26(2,3)23(34)31(16-32)24(37-31)29(20,21)6/h17-18,20-22,24H,8-15H2,1-7H3. The van der Waals surface area contributed by atoms with Crippen LogP contribution >= 0.6 is 0 Å². The lowest BCUT2D eigenvalue weighted by molar-refractivity contribution is -0.233. The molecule has 0 amide bonds. The number of epoxide rings is 1. The van der Waals surface area contributed by atoms with Crippen molar-refractivity contribution in [2.24, 2.45) is 56.7 Å². The number of Topliss-reactive ketones (excluding diaryl/α,β-unsaturated/α-hetero) is 2. The summed E-state index contributed by atoms with van der Waals surface area (Å²) in [6, 6.07) is 2.26. The van der Waals surface area contributed by atoms with Crippen LogP contribution in [-0.2, 0) is 23.9 Å². The lowest BCUT2D eigenvalue weighted by Crippen LogP contribution is -2.71. The number of nitriles is 1. The molecule has 6 fully saturated rings. The molecule has 37 heavy (non-hydrogen) atoms. The molecule has 0 aromatic rings.